The molecule has 27 heavy (non-hydrogen) atoms. The summed E-state index contributed by atoms with van der Waals surface area (Å²) in [6.45, 7) is 9.14. The molecule has 0 atom stereocenters. The van der Waals surface area contributed by atoms with E-state index in [1.54, 1.807) is 13.0 Å². The Morgan fingerprint density at radius 1 is 1.00 bits per heavy atom. The maximum absolute atomic E-state index is 11.9. The molecule has 0 heterocycles. The Balaban J connectivity index is 2.47. The number of hydrogen-bond donors (Lipinski definition) is 0. The van der Waals surface area contributed by atoms with E-state index in [1.807, 2.05) is 12.1 Å². The van der Waals surface area contributed by atoms with Crippen molar-refractivity contribution in [1.29, 1.82) is 0 Å². The van der Waals surface area contributed by atoms with Gasteiger partial charge in [0.15, 0.2) is 0 Å². The van der Waals surface area contributed by atoms with Crippen LogP contribution in [0.3, 0.4) is 0 Å². The predicted molar refractivity (Wildman–Crippen MR) is 117 cm³/mol. The summed E-state index contributed by atoms with van der Waals surface area (Å²) in [7, 11) is -2.59. The lowest BCUT2D eigenvalue weighted by molar-refractivity contribution is -0.137. The van der Waals surface area contributed by atoms with Gasteiger partial charge in [0.25, 0.3) is 8.32 Å². The van der Waals surface area contributed by atoms with Gasteiger partial charge in [0, 0.05) is 0 Å². The van der Waals surface area contributed by atoms with Crippen LogP contribution in [0.1, 0.15) is 27.7 Å². The van der Waals surface area contributed by atoms with Crippen LogP contribution in [0.4, 0.5) is 0 Å². The van der Waals surface area contributed by atoms with Crippen LogP contribution in [0.5, 0.6) is 0 Å². The van der Waals surface area contributed by atoms with Crippen LogP contribution in [-0.2, 0) is 14.0 Å². The second-order valence-electron chi connectivity index (χ2n) is 7.25. The first kappa shape index (κ1) is 21.6. The first-order valence-corrected chi connectivity index (χ1v) is 11.8. The summed E-state index contributed by atoms with van der Waals surface area (Å²) in [4.78, 5) is 11.9. The van der Waals surface area contributed by atoms with Crippen molar-refractivity contribution in [2.45, 2.75) is 32.7 Å². The normalized spacial score (nSPS) is 12.7. The van der Waals surface area contributed by atoms with Gasteiger partial charge in [-0.2, -0.15) is 0 Å². The number of carbonyl (C=O) groups is 1. The molecule has 0 aromatic heterocycles. The van der Waals surface area contributed by atoms with Crippen molar-refractivity contribution >= 4 is 40.6 Å². The molecule has 0 unspecified atom stereocenters. The first-order valence-electron chi connectivity index (χ1n) is 9.10. The Morgan fingerprint density at radius 3 is 1.89 bits per heavy atom. The molecule has 0 spiro atoms. The number of hydrogen-bond acceptors (Lipinski definition) is 3. The van der Waals surface area contributed by atoms with Gasteiger partial charge in [-0.15, -0.1) is 0 Å². The lowest BCUT2D eigenvalue weighted by Gasteiger charge is -2.42. The van der Waals surface area contributed by atoms with Gasteiger partial charge in [-0.05, 0) is 44.3 Å². The Kier molecular flexibility index (Phi) is 7.59. The SMILES string of the molecule is CCOC(=O)/C(Br)=C/CO[Si](c1ccccc1)(c1ccccc1)C(C)(C)C. The maximum atomic E-state index is 11.9. The molecule has 3 nitrogen and oxygen atoms in total. The van der Waals surface area contributed by atoms with Crippen molar-refractivity contribution in [3.63, 3.8) is 0 Å². The number of ether oxygens (including phenoxy) is 1. The van der Waals surface area contributed by atoms with Crippen LogP contribution in [0.15, 0.2) is 71.2 Å². The quantitative estimate of drug-likeness (QED) is 0.359. The smallest absolute Gasteiger partial charge is 0.344 e. The van der Waals surface area contributed by atoms with Gasteiger partial charge in [0.2, 0.25) is 0 Å². The summed E-state index contributed by atoms with van der Waals surface area (Å²) in [6, 6.07) is 20.9. The zero-order valence-corrected chi connectivity index (χ0v) is 19.0. The molecule has 2 aromatic rings. The van der Waals surface area contributed by atoms with E-state index in [1.165, 1.54) is 10.4 Å². The Morgan fingerprint density at radius 2 is 1.48 bits per heavy atom. The van der Waals surface area contributed by atoms with E-state index in [4.69, 9.17) is 9.16 Å². The van der Waals surface area contributed by atoms with E-state index < -0.39 is 8.32 Å². The topological polar surface area (TPSA) is 35.5 Å². The zero-order valence-electron chi connectivity index (χ0n) is 16.4. The van der Waals surface area contributed by atoms with E-state index in [9.17, 15) is 4.79 Å². The Labute approximate surface area is 171 Å². The van der Waals surface area contributed by atoms with Crippen molar-refractivity contribution in [3.05, 3.63) is 71.2 Å². The van der Waals surface area contributed by atoms with Crippen molar-refractivity contribution < 1.29 is 14.0 Å². The van der Waals surface area contributed by atoms with Gasteiger partial charge >= 0.3 is 5.97 Å². The Bertz CT molecular complexity index is 728. The third-order valence-electron chi connectivity index (χ3n) is 4.45. The summed E-state index contributed by atoms with van der Waals surface area (Å²) in [5.74, 6) is -0.372. The van der Waals surface area contributed by atoms with Crippen LogP contribution < -0.4 is 10.4 Å². The highest BCUT2D eigenvalue weighted by molar-refractivity contribution is 9.12. The molecule has 0 aliphatic rings. The third-order valence-corrected chi connectivity index (χ3v) is 10.1. The molecule has 144 valence electrons. The summed E-state index contributed by atoms with van der Waals surface area (Å²) in [6.07, 6.45) is 1.75. The van der Waals surface area contributed by atoms with E-state index >= 15 is 0 Å². The second-order valence-corrected chi connectivity index (χ2v) is 12.4. The van der Waals surface area contributed by atoms with Gasteiger partial charge in [0.1, 0.15) is 4.48 Å². The molecule has 0 bridgehead atoms. The molecule has 0 aliphatic carbocycles. The number of esters is 1. The fourth-order valence-electron chi connectivity index (χ4n) is 3.28. The summed E-state index contributed by atoms with van der Waals surface area (Å²) >= 11 is 3.30. The average molecular weight is 447 g/mol. The minimum absolute atomic E-state index is 0.0973. The van der Waals surface area contributed by atoms with Crippen molar-refractivity contribution in [3.8, 4) is 0 Å². The number of rotatable bonds is 7. The molecule has 5 heteroatoms. The molecule has 0 saturated heterocycles. The van der Waals surface area contributed by atoms with Crippen LogP contribution in [0.2, 0.25) is 5.04 Å². The highest BCUT2D eigenvalue weighted by atomic mass is 79.9. The maximum Gasteiger partial charge on any atom is 0.344 e. The van der Waals surface area contributed by atoms with E-state index in [2.05, 4.69) is 85.2 Å². The summed E-state index contributed by atoms with van der Waals surface area (Å²) < 4.78 is 12.1. The molecule has 2 rings (SSSR count). The van der Waals surface area contributed by atoms with Crippen LogP contribution >= 0.6 is 15.9 Å². The minimum Gasteiger partial charge on any atom is -0.462 e. The lowest BCUT2D eigenvalue weighted by Crippen LogP contribution is -2.66. The van der Waals surface area contributed by atoms with Crippen molar-refractivity contribution in [2.75, 3.05) is 13.2 Å². The van der Waals surface area contributed by atoms with E-state index in [0.29, 0.717) is 17.7 Å². The van der Waals surface area contributed by atoms with Gasteiger partial charge in [-0.1, -0.05) is 81.4 Å². The molecule has 2 aromatic carbocycles. The second kappa shape index (κ2) is 9.49. The fraction of sp³-hybridized carbons (Fsp3) is 0.318. The van der Waals surface area contributed by atoms with Gasteiger partial charge < -0.3 is 9.16 Å². The minimum atomic E-state index is -2.59. The molecule has 0 radical (unpaired) electrons. The van der Waals surface area contributed by atoms with Crippen LogP contribution in [0, 0.1) is 0 Å². The zero-order chi connectivity index (χ0) is 19.9. The van der Waals surface area contributed by atoms with Crippen LogP contribution in [0.25, 0.3) is 0 Å². The number of carbonyl (C=O) groups excluding carboxylic acids is 1. The Hall–Kier alpha value is -1.69. The van der Waals surface area contributed by atoms with Crippen LogP contribution in [-0.4, -0.2) is 27.5 Å². The molecule has 0 aliphatic heterocycles. The predicted octanol–water partition coefficient (Wildman–Crippen LogP) is 4.40. The van der Waals surface area contributed by atoms with E-state index in [0.717, 1.165) is 0 Å². The molecule has 0 fully saturated rings. The van der Waals surface area contributed by atoms with Gasteiger partial charge in [0.05, 0.1) is 13.2 Å². The molecule has 0 N–H and O–H groups in total. The van der Waals surface area contributed by atoms with Gasteiger partial charge in [-0.25, -0.2) is 4.79 Å². The summed E-state index contributed by atoms with van der Waals surface area (Å²) in [5.41, 5.74) is 0. The first-order chi connectivity index (χ1) is 12.8. The molecular formula is C22H27BrO3Si. The third kappa shape index (κ3) is 4.97. The number of benzene rings is 2. The van der Waals surface area contributed by atoms with Crippen molar-refractivity contribution in [1.82, 2.24) is 0 Å². The average Bonchev–Trinajstić information content (AvgIpc) is 2.65. The fourth-order valence-corrected chi connectivity index (χ4v) is 8.02. The molecular weight excluding hydrogens is 420 g/mol. The van der Waals surface area contributed by atoms with E-state index in [-0.39, 0.29) is 11.0 Å². The highest BCUT2D eigenvalue weighted by Crippen LogP contribution is 2.36. The lowest BCUT2D eigenvalue weighted by atomic mass is 10.2. The molecule has 0 amide bonds. The number of halogens is 1. The van der Waals surface area contributed by atoms with Gasteiger partial charge in [-0.3, -0.25) is 0 Å². The van der Waals surface area contributed by atoms with Crippen molar-refractivity contribution in [2.24, 2.45) is 0 Å². The standard InChI is InChI=1S/C22H27BrO3Si/c1-5-25-21(24)20(23)16-17-26-27(22(2,3)4,18-12-8-6-9-13-18)19-14-10-7-11-15-19/h6-16H,5,17H2,1-4H3/b20-16-. The largest absolute Gasteiger partial charge is 0.462 e. The highest BCUT2D eigenvalue weighted by Gasteiger charge is 2.49. The summed E-state index contributed by atoms with van der Waals surface area (Å²) in [5, 5.41) is 2.33. The monoisotopic (exact) mass is 446 g/mol. The molecule has 0 saturated carbocycles.